The first-order chi connectivity index (χ1) is 9.24. The first kappa shape index (κ1) is 12.2. The smallest absolute Gasteiger partial charge is 0.134 e. The molecule has 0 amide bonds. The van der Waals surface area contributed by atoms with Crippen molar-refractivity contribution in [2.24, 2.45) is 0 Å². The van der Waals surface area contributed by atoms with Crippen LogP contribution in [-0.2, 0) is 6.54 Å². The number of hydrogen-bond acceptors (Lipinski definition) is 2. The Morgan fingerprint density at radius 3 is 2.58 bits per heavy atom. The van der Waals surface area contributed by atoms with Crippen molar-refractivity contribution in [2.45, 2.75) is 25.4 Å². The van der Waals surface area contributed by atoms with Gasteiger partial charge in [-0.2, -0.15) is 0 Å². The molecule has 4 heteroatoms. The summed E-state index contributed by atoms with van der Waals surface area (Å²) in [7, 11) is 0. The maximum atomic E-state index is 13.7. The molecule has 1 aliphatic carbocycles. The number of nitrogens with one attached hydrogen (secondary N) is 1. The lowest BCUT2D eigenvalue weighted by Gasteiger charge is -2.07. The van der Waals surface area contributed by atoms with Crippen molar-refractivity contribution in [3.05, 3.63) is 53.9 Å². The molecule has 0 bridgehead atoms. The molecule has 1 heterocycles. The fourth-order valence-electron chi connectivity index (χ4n) is 2.04. The predicted octanol–water partition coefficient (Wildman–Crippen LogP) is 3.28. The van der Waals surface area contributed by atoms with Crippen molar-refractivity contribution in [2.75, 3.05) is 0 Å². The Morgan fingerprint density at radius 2 is 1.89 bits per heavy atom. The molecule has 0 unspecified atom stereocenters. The molecule has 1 saturated carbocycles. The van der Waals surface area contributed by atoms with Gasteiger partial charge in [0.1, 0.15) is 11.6 Å². The Balaban J connectivity index is 1.89. The van der Waals surface area contributed by atoms with Gasteiger partial charge in [0.05, 0.1) is 5.56 Å². The third kappa shape index (κ3) is 2.79. The number of hydrogen-bond donors (Lipinski definition) is 1. The Bertz CT molecular complexity index is 574. The van der Waals surface area contributed by atoms with E-state index in [2.05, 4.69) is 10.3 Å². The lowest BCUT2D eigenvalue weighted by molar-refractivity contribution is 0.589. The number of benzene rings is 1. The Hall–Kier alpha value is -1.81. The molecule has 1 fully saturated rings. The summed E-state index contributed by atoms with van der Waals surface area (Å²) in [5.41, 5.74) is 1.40. The van der Waals surface area contributed by atoms with Gasteiger partial charge in [0.2, 0.25) is 0 Å². The zero-order chi connectivity index (χ0) is 13.2. The van der Waals surface area contributed by atoms with Gasteiger partial charge in [0, 0.05) is 30.5 Å². The van der Waals surface area contributed by atoms with Crippen LogP contribution >= 0.6 is 0 Å². The quantitative estimate of drug-likeness (QED) is 0.912. The SMILES string of the molecule is Fc1cccc(F)c1-c1cncc(CNC2CC2)c1. The first-order valence-electron chi connectivity index (χ1n) is 6.36. The van der Waals surface area contributed by atoms with Gasteiger partial charge in [-0.05, 0) is 36.6 Å². The molecular weight excluding hydrogens is 246 g/mol. The minimum absolute atomic E-state index is 0.0109. The molecule has 1 aliphatic rings. The monoisotopic (exact) mass is 260 g/mol. The number of rotatable bonds is 4. The molecule has 0 radical (unpaired) electrons. The van der Waals surface area contributed by atoms with Gasteiger partial charge in [-0.3, -0.25) is 4.98 Å². The minimum Gasteiger partial charge on any atom is -0.310 e. The summed E-state index contributed by atoms with van der Waals surface area (Å²) in [5.74, 6) is -1.12. The molecule has 0 aliphatic heterocycles. The highest BCUT2D eigenvalue weighted by Crippen LogP contribution is 2.26. The molecule has 3 rings (SSSR count). The van der Waals surface area contributed by atoms with Gasteiger partial charge in [0.25, 0.3) is 0 Å². The number of pyridine rings is 1. The third-order valence-electron chi connectivity index (χ3n) is 3.22. The van der Waals surface area contributed by atoms with E-state index in [1.54, 1.807) is 12.3 Å². The predicted molar refractivity (Wildman–Crippen MR) is 69.5 cm³/mol. The van der Waals surface area contributed by atoms with E-state index in [9.17, 15) is 8.78 Å². The van der Waals surface area contributed by atoms with E-state index in [0.717, 1.165) is 5.56 Å². The van der Waals surface area contributed by atoms with E-state index in [-0.39, 0.29) is 5.56 Å². The summed E-state index contributed by atoms with van der Waals surface area (Å²) in [6, 6.07) is 6.25. The topological polar surface area (TPSA) is 24.9 Å². The Morgan fingerprint density at radius 1 is 1.16 bits per heavy atom. The molecule has 0 saturated heterocycles. The fourth-order valence-corrected chi connectivity index (χ4v) is 2.04. The molecule has 1 aromatic heterocycles. The van der Waals surface area contributed by atoms with Crippen LogP contribution in [0.15, 0.2) is 36.7 Å². The zero-order valence-electron chi connectivity index (χ0n) is 10.4. The molecule has 1 aromatic carbocycles. The number of nitrogens with zero attached hydrogens (tertiary/aromatic N) is 1. The van der Waals surface area contributed by atoms with Crippen LogP contribution in [0.1, 0.15) is 18.4 Å². The zero-order valence-corrected chi connectivity index (χ0v) is 10.4. The van der Waals surface area contributed by atoms with Crippen LogP contribution in [0.4, 0.5) is 8.78 Å². The molecule has 0 atom stereocenters. The van der Waals surface area contributed by atoms with E-state index in [0.29, 0.717) is 18.2 Å². The highest BCUT2D eigenvalue weighted by Gasteiger charge is 2.20. The molecule has 19 heavy (non-hydrogen) atoms. The summed E-state index contributed by atoms with van der Waals surface area (Å²) in [4.78, 5) is 4.07. The van der Waals surface area contributed by atoms with E-state index in [4.69, 9.17) is 0 Å². The van der Waals surface area contributed by atoms with Gasteiger partial charge in [0.15, 0.2) is 0 Å². The highest BCUT2D eigenvalue weighted by atomic mass is 19.1. The minimum atomic E-state index is -0.561. The van der Waals surface area contributed by atoms with E-state index < -0.39 is 11.6 Å². The Kier molecular flexibility index (Phi) is 3.25. The van der Waals surface area contributed by atoms with E-state index in [1.807, 2.05) is 0 Å². The summed E-state index contributed by atoms with van der Waals surface area (Å²) >= 11 is 0. The van der Waals surface area contributed by atoms with Gasteiger partial charge >= 0.3 is 0 Å². The van der Waals surface area contributed by atoms with Gasteiger partial charge in [-0.1, -0.05) is 6.07 Å². The average Bonchev–Trinajstić information content (AvgIpc) is 3.21. The second-order valence-electron chi connectivity index (χ2n) is 4.83. The number of aromatic nitrogens is 1. The third-order valence-corrected chi connectivity index (χ3v) is 3.22. The molecule has 0 spiro atoms. The van der Waals surface area contributed by atoms with Crippen LogP contribution in [0.3, 0.4) is 0 Å². The Labute approximate surface area is 110 Å². The van der Waals surface area contributed by atoms with Crippen LogP contribution < -0.4 is 5.32 Å². The largest absolute Gasteiger partial charge is 0.310 e. The maximum Gasteiger partial charge on any atom is 0.134 e. The van der Waals surface area contributed by atoms with Gasteiger partial charge in [-0.25, -0.2) is 8.78 Å². The van der Waals surface area contributed by atoms with E-state index in [1.165, 1.54) is 37.2 Å². The molecular formula is C15H14F2N2. The van der Waals surface area contributed by atoms with Crippen molar-refractivity contribution < 1.29 is 8.78 Å². The van der Waals surface area contributed by atoms with Crippen molar-refractivity contribution in [1.82, 2.24) is 10.3 Å². The summed E-state index contributed by atoms with van der Waals surface area (Å²) in [6.45, 7) is 0.682. The summed E-state index contributed by atoms with van der Waals surface area (Å²) in [6.07, 6.45) is 5.61. The second-order valence-corrected chi connectivity index (χ2v) is 4.83. The maximum absolute atomic E-state index is 13.7. The lowest BCUT2D eigenvalue weighted by Crippen LogP contribution is -2.15. The molecule has 98 valence electrons. The van der Waals surface area contributed by atoms with Crippen LogP contribution in [-0.4, -0.2) is 11.0 Å². The van der Waals surface area contributed by atoms with Gasteiger partial charge in [-0.15, -0.1) is 0 Å². The van der Waals surface area contributed by atoms with Crippen molar-refractivity contribution in [3.63, 3.8) is 0 Å². The lowest BCUT2D eigenvalue weighted by atomic mass is 10.0. The first-order valence-corrected chi connectivity index (χ1v) is 6.36. The van der Waals surface area contributed by atoms with Crippen molar-refractivity contribution >= 4 is 0 Å². The number of halogens is 2. The van der Waals surface area contributed by atoms with Gasteiger partial charge < -0.3 is 5.32 Å². The van der Waals surface area contributed by atoms with Crippen molar-refractivity contribution in [1.29, 1.82) is 0 Å². The summed E-state index contributed by atoms with van der Waals surface area (Å²) < 4.78 is 27.4. The van der Waals surface area contributed by atoms with Crippen LogP contribution in [0.2, 0.25) is 0 Å². The van der Waals surface area contributed by atoms with Crippen LogP contribution in [0.5, 0.6) is 0 Å². The standard InChI is InChI=1S/C15H14F2N2/c16-13-2-1-3-14(17)15(13)11-6-10(7-18-9-11)8-19-12-4-5-12/h1-3,6-7,9,12,19H,4-5,8H2. The van der Waals surface area contributed by atoms with Crippen LogP contribution in [0.25, 0.3) is 11.1 Å². The average molecular weight is 260 g/mol. The van der Waals surface area contributed by atoms with Crippen LogP contribution in [0, 0.1) is 11.6 Å². The highest BCUT2D eigenvalue weighted by molar-refractivity contribution is 5.64. The molecule has 1 N–H and O–H groups in total. The molecule has 2 nitrogen and oxygen atoms in total. The van der Waals surface area contributed by atoms with E-state index >= 15 is 0 Å². The summed E-state index contributed by atoms with van der Waals surface area (Å²) in [5, 5.41) is 3.35. The van der Waals surface area contributed by atoms with Crippen molar-refractivity contribution in [3.8, 4) is 11.1 Å². The molecule has 2 aromatic rings. The fraction of sp³-hybridized carbons (Fsp3) is 0.267. The normalized spacial score (nSPS) is 14.6. The second kappa shape index (κ2) is 5.05.